The first-order valence-corrected chi connectivity index (χ1v) is 18.5. The molecule has 1 aliphatic rings. The topological polar surface area (TPSA) is 116 Å². The van der Waals surface area contributed by atoms with E-state index in [9.17, 15) is 4.21 Å². The monoisotopic (exact) mass is 610 g/mol. The Labute approximate surface area is 250 Å². The lowest BCUT2D eigenvalue weighted by Crippen LogP contribution is -2.54. The molecule has 0 saturated heterocycles. The number of hydrogen-bond donors (Lipinski definition) is 2. The van der Waals surface area contributed by atoms with Crippen molar-refractivity contribution >= 4 is 36.6 Å². The minimum absolute atomic E-state index is 0.0809. The van der Waals surface area contributed by atoms with Gasteiger partial charge in [0, 0.05) is 5.56 Å². The molecule has 0 amide bonds. The van der Waals surface area contributed by atoms with Gasteiger partial charge in [-0.15, -0.1) is 5.10 Å². The number of nitrogen functional groups attached to an aromatic ring is 1. The Morgan fingerprint density at radius 3 is 2.12 bits per heavy atom. The smallest absolute Gasteiger partial charge is 0.192 e. The second-order valence-electron chi connectivity index (χ2n) is 14.6. The van der Waals surface area contributed by atoms with Gasteiger partial charge >= 0.3 is 0 Å². The van der Waals surface area contributed by atoms with Gasteiger partial charge in [0.25, 0.3) is 0 Å². The third-order valence-electron chi connectivity index (χ3n) is 7.44. The Morgan fingerprint density at radius 1 is 1.10 bits per heavy atom. The first-order chi connectivity index (χ1) is 18.1. The number of anilines is 1. The molecular formula is C29H51ClN6O2SSi. The van der Waals surface area contributed by atoms with Crippen LogP contribution in [0.25, 0.3) is 0 Å². The van der Waals surface area contributed by atoms with Crippen LogP contribution in [-0.2, 0) is 21.8 Å². The van der Waals surface area contributed by atoms with E-state index >= 15 is 0 Å². The molecule has 2 unspecified atom stereocenters. The molecule has 1 saturated carbocycles. The van der Waals surface area contributed by atoms with Crippen LogP contribution in [0.1, 0.15) is 105 Å². The van der Waals surface area contributed by atoms with Crippen molar-refractivity contribution in [2.45, 2.75) is 129 Å². The Bertz CT molecular complexity index is 1130. The second-order valence-corrected chi connectivity index (χ2v) is 21.7. The lowest BCUT2D eigenvalue weighted by atomic mass is 9.75. The summed E-state index contributed by atoms with van der Waals surface area (Å²) in [4.78, 5) is 0. The highest BCUT2D eigenvalue weighted by Gasteiger charge is 2.49. The number of rotatable bonds is 8. The van der Waals surface area contributed by atoms with Crippen molar-refractivity contribution in [2.24, 2.45) is 5.41 Å². The first kappa shape index (κ1) is 34.7. The van der Waals surface area contributed by atoms with Gasteiger partial charge in [0.15, 0.2) is 13.5 Å². The molecule has 3 rings (SSSR count). The van der Waals surface area contributed by atoms with Crippen molar-refractivity contribution in [3.63, 3.8) is 0 Å². The van der Waals surface area contributed by atoms with Crippen LogP contribution in [-0.4, -0.2) is 43.3 Å². The molecule has 11 heteroatoms. The molecule has 3 N–H and O–H groups in total. The summed E-state index contributed by atoms with van der Waals surface area (Å²) in [5.41, 5.74) is 7.54. The fourth-order valence-electron chi connectivity index (χ4n) is 4.12. The fraction of sp³-hybridized carbons (Fsp3) is 0.724. The van der Waals surface area contributed by atoms with Crippen LogP contribution in [0.5, 0.6) is 0 Å². The molecule has 1 fully saturated rings. The average Bonchev–Trinajstić information content (AvgIpc) is 2.76. The number of aromatic nitrogens is 4. The van der Waals surface area contributed by atoms with Gasteiger partial charge < -0.3 is 10.2 Å². The number of nitrogens with two attached hydrogens (primary N) is 1. The zero-order valence-corrected chi connectivity index (χ0v) is 29.0. The van der Waals surface area contributed by atoms with Gasteiger partial charge in [-0.05, 0) is 88.6 Å². The van der Waals surface area contributed by atoms with Crippen LogP contribution in [0.3, 0.4) is 0 Å². The molecule has 0 aliphatic heterocycles. The van der Waals surface area contributed by atoms with Gasteiger partial charge in [-0.25, -0.2) is 8.93 Å². The summed E-state index contributed by atoms with van der Waals surface area (Å²) < 4.78 is 23.2. The third kappa shape index (κ3) is 10.4. The molecule has 0 spiro atoms. The van der Waals surface area contributed by atoms with Crippen LogP contribution in [0.2, 0.25) is 23.3 Å². The minimum Gasteiger partial charge on any atom is -0.411 e. The maximum atomic E-state index is 13.2. The molecule has 2 aromatic rings. The normalized spacial score (nSPS) is 17.3. The standard InChI is InChI=1S/C25H46ClN3O2SSi.C4H5N3/c1-22(2,3)16-18-15-19(21(26)28-27-18)20(29-32(30)23(4,5)6)17-25(13-12-14-25)31-33(10,11)24(7,8)9;5-4-1-2-6-7-3-4/h15,20,29H,12-14,16-17H2,1-11H3;1-3H,(H2,5,6). The SMILES string of the molecule is CC(C)(C)Cc1cc(C(CC2(O[Si](C)(C)C(C)(C)C)CCC2)NS(=O)C(C)(C)C)c(Cl)nn1.Nc1ccnnc1. The molecular weight excluding hydrogens is 560 g/mol. The summed E-state index contributed by atoms with van der Waals surface area (Å²) in [6.07, 6.45) is 7.76. The molecule has 2 aromatic heterocycles. The lowest BCUT2D eigenvalue weighted by Gasteiger charge is -2.51. The molecule has 226 valence electrons. The molecule has 0 aromatic carbocycles. The van der Waals surface area contributed by atoms with Crippen molar-refractivity contribution in [1.82, 2.24) is 25.1 Å². The van der Waals surface area contributed by atoms with Crippen molar-refractivity contribution in [1.29, 1.82) is 0 Å². The number of halogens is 1. The Morgan fingerprint density at radius 2 is 1.73 bits per heavy atom. The summed E-state index contributed by atoms with van der Waals surface area (Å²) in [5.74, 6) is 0. The van der Waals surface area contributed by atoms with E-state index in [1.165, 1.54) is 6.20 Å². The van der Waals surface area contributed by atoms with E-state index in [2.05, 4.69) is 85.8 Å². The van der Waals surface area contributed by atoms with Crippen LogP contribution < -0.4 is 10.5 Å². The van der Waals surface area contributed by atoms with Crippen LogP contribution in [0.4, 0.5) is 5.69 Å². The molecule has 0 radical (unpaired) electrons. The van der Waals surface area contributed by atoms with Gasteiger partial charge in [0.2, 0.25) is 0 Å². The van der Waals surface area contributed by atoms with Gasteiger partial charge in [-0.3, -0.25) is 0 Å². The van der Waals surface area contributed by atoms with Crippen molar-refractivity contribution in [2.75, 3.05) is 5.73 Å². The summed E-state index contributed by atoms with van der Waals surface area (Å²) in [5, 5.41) is 16.2. The molecule has 0 bridgehead atoms. The minimum atomic E-state index is -1.98. The van der Waals surface area contributed by atoms with Crippen molar-refractivity contribution < 1.29 is 8.63 Å². The quantitative estimate of drug-likeness (QED) is 0.303. The molecule has 2 atom stereocenters. The predicted octanol–water partition coefficient (Wildman–Crippen LogP) is 7.20. The highest BCUT2D eigenvalue weighted by molar-refractivity contribution is 7.84. The van der Waals surface area contributed by atoms with E-state index < -0.39 is 24.1 Å². The Hall–Kier alpha value is -1.46. The summed E-state index contributed by atoms with van der Waals surface area (Å²) in [7, 11) is -3.23. The maximum Gasteiger partial charge on any atom is 0.192 e. The van der Waals surface area contributed by atoms with E-state index in [4.69, 9.17) is 21.8 Å². The van der Waals surface area contributed by atoms with Crippen LogP contribution in [0, 0.1) is 5.41 Å². The predicted molar refractivity (Wildman–Crippen MR) is 170 cm³/mol. The number of nitrogens with zero attached hydrogens (tertiary/aromatic N) is 4. The Balaban J connectivity index is 0.000000693. The maximum absolute atomic E-state index is 13.2. The average molecular weight is 611 g/mol. The molecule has 2 heterocycles. The Kier molecular flexibility index (Phi) is 11.5. The highest BCUT2D eigenvalue weighted by Crippen LogP contribution is 2.49. The lowest BCUT2D eigenvalue weighted by molar-refractivity contribution is -0.0336. The largest absolute Gasteiger partial charge is 0.411 e. The van der Waals surface area contributed by atoms with Gasteiger partial charge in [-0.1, -0.05) is 53.1 Å². The zero-order chi connectivity index (χ0) is 30.6. The van der Waals surface area contributed by atoms with Crippen LogP contribution >= 0.6 is 11.6 Å². The molecule has 8 nitrogen and oxygen atoms in total. The number of nitrogens with one attached hydrogen (secondary N) is 1. The molecule has 40 heavy (non-hydrogen) atoms. The summed E-state index contributed by atoms with van der Waals surface area (Å²) >= 11 is 6.61. The van der Waals surface area contributed by atoms with Gasteiger partial charge in [0.1, 0.15) is 0 Å². The number of hydrogen-bond acceptors (Lipinski definition) is 7. The molecule has 1 aliphatic carbocycles. The summed E-state index contributed by atoms with van der Waals surface area (Å²) in [6, 6.07) is 3.51. The summed E-state index contributed by atoms with van der Waals surface area (Å²) in [6.45, 7) is 23.9. The van der Waals surface area contributed by atoms with Gasteiger partial charge in [-0.2, -0.15) is 15.3 Å². The van der Waals surface area contributed by atoms with E-state index in [1.54, 1.807) is 12.3 Å². The third-order valence-corrected chi connectivity index (χ3v) is 13.9. The van der Waals surface area contributed by atoms with Gasteiger partial charge in [0.05, 0.1) is 51.2 Å². The fourth-order valence-corrected chi connectivity index (χ4v) is 6.84. The zero-order valence-electron chi connectivity index (χ0n) is 26.4. The van der Waals surface area contributed by atoms with Crippen molar-refractivity contribution in [3.8, 4) is 0 Å². The van der Waals surface area contributed by atoms with E-state index in [0.29, 0.717) is 10.8 Å². The van der Waals surface area contributed by atoms with E-state index in [0.717, 1.165) is 43.4 Å². The van der Waals surface area contributed by atoms with E-state index in [1.807, 2.05) is 20.8 Å². The van der Waals surface area contributed by atoms with Crippen LogP contribution in [0.15, 0.2) is 24.5 Å². The van der Waals surface area contributed by atoms with Crippen molar-refractivity contribution in [3.05, 3.63) is 40.9 Å². The second kappa shape index (κ2) is 13.2. The highest BCUT2D eigenvalue weighted by atomic mass is 35.5. The first-order valence-electron chi connectivity index (χ1n) is 14.1. The van der Waals surface area contributed by atoms with E-state index in [-0.39, 0.29) is 22.1 Å².